The maximum Gasteiger partial charge on any atom is 0.271 e. The third kappa shape index (κ3) is 4.85. The van der Waals surface area contributed by atoms with E-state index >= 15 is 0 Å². The van der Waals surface area contributed by atoms with Gasteiger partial charge in [0.25, 0.3) is 11.8 Å². The SMILES string of the molecule is CC(O)[C@](C)(NC(=O)c1ccc(C#Cc2ccc(N)cc2)cc1)C(=O)NO. The van der Waals surface area contributed by atoms with E-state index in [1.54, 1.807) is 36.4 Å². The van der Waals surface area contributed by atoms with Crippen LogP contribution < -0.4 is 16.5 Å². The Morgan fingerprint density at radius 3 is 1.96 bits per heavy atom. The van der Waals surface area contributed by atoms with E-state index in [0.717, 1.165) is 5.56 Å². The molecule has 2 amide bonds. The summed E-state index contributed by atoms with van der Waals surface area (Å²) in [6, 6.07) is 13.6. The topological polar surface area (TPSA) is 125 Å². The van der Waals surface area contributed by atoms with Crippen molar-refractivity contribution in [3.63, 3.8) is 0 Å². The van der Waals surface area contributed by atoms with Crippen molar-refractivity contribution in [2.24, 2.45) is 0 Å². The van der Waals surface area contributed by atoms with Crippen LogP contribution in [0, 0.1) is 11.8 Å². The number of carbonyl (C=O) groups excluding carboxylic acids is 2. The number of hydrogen-bond acceptors (Lipinski definition) is 5. The van der Waals surface area contributed by atoms with Crippen LogP contribution in [0.3, 0.4) is 0 Å². The smallest absolute Gasteiger partial charge is 0.271 e. The third-order valence-corrected chi connectivity index (χ3v) is 4.19. The number of hydrogen-bond donors (Lipinski definition) is 5. The number of rotatable bonds is 4. The van der Waals surface area contributed by atoms with Gasteiger partial charge in [-0.1, -0.05) is 11.8 Å². The van der Waals surface area contributed by atoms with Crippen molar-refractivity contribution >= 4 is 17.5 Å². The van der Waals surface area contributed by atoms with Gasteiger partial charge in [0.1, 0.15) is 5.54 Å². The number of amides is 2. The number of aliphatic hydroxyl groups is 1. The van der Waals surface area contributed by atoms with Gasteiger partial charge in [0, 0.05) is 22.4 Å². The van der Waals surface area contributed by atoms with Crippen molar-refractivity contribution in [2.45, 2.75) is 25.5 Å². The molecule has 0 aliphatic carbocycles. The van der Waals surface area contributed by atoms with E-state index in [-0.39, 0.29) is 5.56 Å². The number of nitrogen functional groups attached to an aromatic ring is 1. The van der Waals surface area contributed by atoms with Gasteiger partial charge < -0.3 is 16.2 Å². The molecule has 2 atom stereocenters. The molecular weight excluding hydrogens is 346 g/mol. The highest BCUT2D eigenvalue weighted by molar-refractivity contribution is 5.99. The highest BCUT2D eigenvalue weighted by Gasteiger charge is 2.39. The lowest BCUT2D eigenvalue weighted by Gasteiger charge is -2.31. The second kappa shape index (κ2) is 8.36. The summed E-state index contributed by atoms with van der Waals surface area (Å²) in [5, 5.41) is 21.1. The van der Waals surface area contributed by atoms with Gasteiger partial charge in [0.2, 0.25) is 0 Å². The van der Waals surface area contributed by atoms with Crippen LogP contribution >= 0.6 is 0 Å². The van der Waals surface area contributed by atoms with Gasteiger partial charge in [-0.3, -0.25) is 14.8 Å². The van der Waals surface area contributed by atoms with Gasteiger partial charge in [-0.05, 0) is 62.4 Å². The molecule has 0 saturated heterocycles. The Labute approximate surface area is 157 Å². The van der Waals surface area contributed by atoms with Crippen molar-refractivity contribution in [1.82, 2.24) is 10.8 Å². The number of nitrogens with one attached hydrogen (secondary N) is 2. The quantitative estimate of drug-likeness (QED) is 0.239. The third-order valence-electron chi connectivity index (χ3n) is 4.19. The predicted octanol–water partition coefficient (Wildman–Crippen LogP) is 1.04. The second-order valence-corrected chi connectivity index (χ2v) is 6.22. The first-order chi connectivity index (χ1) is 12.8. The summed E-state index contributed by atoms with van der Waals surface area (Å²) in [5.41, 5.74) is 7.86. The van der Waals surface area contributed by atoms with Gasteiger partial charge in [-0.25, -0.2) is 5.48 Å². The van der Waals surface area contributed by atoms with Crippen LogP contribution in [0.2, 0.25) is 0 Å². The van der Waals surface area contributed by atoms with Crippen LogP contribution in [0.4, 0.5) is 5.69 Å². The predicted molar refractivity (Wildman–Crippen MR) is 101 cm³/mol. The zero-order valence-corrected chi connectivity index (χ0v) is 15.0. The lowest BCUT2D eigenvalue weighted by molar-refractivity contribution is -0.139. The Hall–Kier alpha value is -3.34. The summed E-state index contributed by atoms with van der Waals surface area (Å²) in [7, 11) is 0. The molecule has 2 aromatic carbocycles. The molecule has 0 spiro atoms. The van der Waals surface area contributed by atoms with Crippen molar-refractivity contribution in [3.05, 3.63) is 65.2 Å². The van der Waals surface area contributed by atoms with Gasteiger partial charge in [-0.15, -0.1) is 0 Å². The molecule has 0 aliphatic heterocycles. The van der Waals surface area contributed by atoms with Crippen LogP contribution in [0.1, 0.15) is 35.3 Å². The fraction of sp³-hybridized carbons (Fsp3) is 0.200. The van der Waals surface area contributed by atoms with Crippen LogP contribution in [0.25, 0.3) is 0 Å². The second-order valence-electron chi connectivity index (χ2n) is 6.22. The Balaban J connectivity index is 2.13. The summed E-state index contributed by atoms with van der Waals surface area (Å²) in [5.74, 6) is 4.48. The molecule has 2 rings (SSSR count). The van der Waals surface area contributed by atoms with E-state index in [1.807, 2.05) is 12.1 Å². The maximum absolute atomic E-state index is 12.4. The molecule has 2 aromatic rings. The van der Waals surface area contributed by atoms with E-state index in [0.29, 0.717) is 11.3 Å². The number of benzene rings is 2. The first kappa shape index (κ1) is 20.0. The molecule has 0 radical (unpaired) electrons. The molecule has 140 valence electrons. The average Bonchev–Trinajstić information content (AvgIpc) is 2.66. The number of hydroxylamine groups is 1. The highest BCUT2D eigenvalue weighted by Crippen LogP contribution is 2.13. The Kier molecular flexibility index (Phi) is 6.19. The van der Waals surface area contributed by atoms with E-state index in [2.05, 4.69) is 17.2 Å². The van der Waals surface area contributed by atoms with Gasteiger partial charge in [0.05, 0.1) is 6.10 Å². The van der Waals surface area contributed by atoms with Gasteiger partial charge in [0.15, 0.2) is 0 Å². The molecule has 6 N–H and O–H groups in total. The maximum atomic E-state index is 12.4. The minimum atomic E-state index is -1.68. The fourth-order valence-electron chi connectivity index (χ4n) is 2.19. The average molecular weight is 367 g/mol. The van der Waals surface area contributed by atoms with Crippen molar-refractivity contribution in [1.29, 1.82) is 0 Å². The first-order valence-corrected chi connectivity index (χ1v) is 8.19. The van der Waals surface area contributed by atoms with Gasteiger partial charge in [-0.2, -0.15) is 0 Å². The van der Waals surface area contributed by atoms with Crippen LogP contribution in [-0.4, -0.2) is 33.8 Å². The summed E-state index contributed by atoms with van der Waals surface area (Å²) in [4.78, 5) is 24.2. The molecule has 1 unspecified atom stereocenters. The zero-order chi connectivity index (χ0) is 20.0. The summed E-state index contributed by atoms with van der Waals surface area (Å²) in [6.45, 7) is 2.65. The lowest BCUT2D eigenvalue weighted by Crippen LogP contribution is -2.62. The molecule has 0 aromatic heterocycles. The van der Waals surface area contributed by atoms with Crippen LogP contribution in [-0.2, 0) is 4.79 Å². The molecule has 0 heterocycles. The summed E-state index contributed by atoms with van der Waals surface area (Å²) in [6.07, 6.45) is -1.22. The summed E-state index contributed by atoms with van der Waals surface area (Å²) >= 11 is 0. The molecule has 0 fully saturated rings. The summed E-state index contributed by atoms with van der Waals surface area (Å²) < 4.78 is 0. The molecule has 7 nitrogen and oxygen atoms in total. The Morgan fingerprint density at radius 1 is 1.04 bits per heavy atom. The minimum absolute atomic E-state index is 0.283. The van der Waals surface area contributed by atoms with Gasteiger partial charge >= 0.3 is 0 Å². The molecule has 0 aliphatic rings. The van der Waals surface area contributed by atoms with E-state index < -0.39 is 23.5 Å². The molecule has 0 bridgehead atoms. The highest BCUT2D eigenvalue weighted by atomic mass is 16.5. The van der Waals surface area contributed by atoms with E-state index in [9.17, 15) is 14.7 Å². The van der Waals surface area contributed by atoms with E-state index in [4.69, 9.17) is 10.9 Å². The number of carbonyl (C=O) groups is 2. The van der Waals surface area contributed by atoms with Crippen molar-refractivity contribution in [2.75, 3.05) is 5.73 Å². The molecular formula is C20H21N3O4. The van der Waals surface area contributed by atoms with Crippen molar-refractivity contribution in [3.8, 4) is 11.8 Å². The Morgan fingerprint density at radius 2 is 1.52 bits per heavy atom. The first-order valence-electron chi connectivity index (χ1n) is 8.19. The van der Waals surface area contributed by atoms with Crippen LogP contribution in [0.15, 0.2) is 48.5 Å². The molecule has 7 heteroatoms. The zero-order valence-electron chi connectivity index (χ0n) is 15.0. The number of anilines is 1. The Bertz CT molecular complexity index is 880. The standard InChI is InChI=1S/C20H21N3O4/c1-13(24)20(2,19(26)23-27)22-18(25)16-9-5-14(6-10-16)3-4-15-7-11-17(21)12-8-15/h5-13,24,27H,21H2,1-2H3,(H,22,25)(H,23,26)/t13?,20-/m0/s1. The van der Waals surface area contributed by atoms with Crippen molar-refractivity contribution < 1.29 is 19.9 Å². The normalized spacial score (nSPS) is 13.5. The number of nitrogens with two attached hydrogens (primary N) is 1. The molecule has 27 heavy (non-hydrogen) atoms. The molecule has 0 saturated carbocycles. The van der Waals surface area contributed by atoms with Crippen LogP contribution in [0.5, 0.6) is 0 Å². The monoisotopic (exact) mass is 367 g/mol. The largest absolute Gasteiger partial charge is 0.399 e. The number of aliphatic hydroxyl groups excluding tert-OH is 1. The van der Waals surface area contributed by atoms with E-state index in [1.165, 1.54) is 19.3 Å². The lowest BCUT2D eigenvalue weighted by atomic mass is 9.94. The fourth-order valence-corrected chi connectivity index (χ4v) is 2.19. The minimum Gasteiger partial charge on any atom is -0.399 e.